The number of anilines is 2. The first-order valence-corrected chi connectivity index (χ1v) is 7.26. The molecule has 0 amide bonds. The number of fused-ring (bicyclic) bond motifs is 1. The Balaban J connectivity index is 1.75. The van der Waals surface area contributed by atoms with Crippen LogP contribution in [0.1, 0.15) is 25.0 Å². The molecule has 1 unspecified atom stereocenters. The molecule has 1 saturated carbocycles. The summed E-state index contributed by atoms with van der Waals surface area (Å²) in [5, 5.41) is 12.3. The molecule has 2 aliphatic rings. The Morgan fingerprint density at radius 2 is 2.24 bits per heavy atom. The van der Waals surface area contributed by atoms with Gasteiger partial charge in [0, 0.05) is 22.5 Å². The third kappa shape index (κ3) is 2.21. The number of rotatable bonds is 3. The second-order valence-electron chi connectivity index (χ2n) is 6.02. The monoisotopic (exact) mass is 282 g/mol. The van der Waals surface area contributed by atoms with Crippen LogP contribution in [0.5, 0.6) is 0 Å². The van der Waals surface area contributed by atoms with Crippen molar-refractivity contribution in [2.45, 2.75) is 31.7 Å². The van der Waals surface area contributed by atoms with Gasteiger partial charge in [0.15, 0.2) is 5.82 Å². The van der Waals surface area contributed by atoms with E-state index < -0.39 is 0 Å². The van der Waals surface area contributed by atoms with Crippen molar-refractivity contribution >= 4 is 23.8 Å². The molecule has 2 aromatic heterocycles. The highest BCUT2D eigenvalue weighted by Crippen LogP contribution is 2.41. The fraction of sp³-hybridized carbons (Fsp3) is 0.400. The molecule has 21 heavy (non-hydrogen) atoms. The second-order valence-corrected chi connectivity index (χ2v) is 6.02. The van der Waals surface area contributed by atoms with Crippen LogP contribution in [0.2, 0.25) is 0 Å². The molecular formula is C15H18N6. The van der Waals surface area contributed by atoms with Gasteiger partial charge in [0.2, 0.25) is 0 Å². The summed E-state index contributed by atoms with van der Waals surface area (Å²) >= 11 is 0. The molecule has 4 rings (SSSR count). The van der Waals surface area contributed by atoms with Crippen molar-refractivity contribution in [2.24, 2.45) is 11.7 Å². The van der Waals surface area contributed by atoms with Crippen molar-refractivity contribution in [1.29, 1.82) is 0 Å². The van der Waals surface area contributed by atoms with Crippen molar-refractivity contribution in [3.63, 3.8) is 0 Å². The molecule has 0 spiro atoms. The molecule has 0 aromatic carbocycles. The summed E-state index contributed by atoms with van der Waals surface area (Å²) in [7, 11) is 0. The van der Waals surface area contributed by atoms with E-state index in [-0.39, 0.29) is 5.54 Å². The number of aromatic amines is 1. The minimum atomic E-state index is -0.235. The van der Waals surface area contributed by atoms with Crippen molar-refractivity contribution in [3.05, 3.63) is 28.7 Å². The molecule has 2 aromatic rings. The molecule has 2 heterocycles. The third-order valence-corrected chi connectivity index (χ3v) is 4.27. The third-order valence-electron chi connectivity index (χ3n) is 4.27. The molecule has 4 N–H and O–H groups in total. The van der Waals surface area contributed by atoms with E-state index in [9.17, 15) is 0 Å². The molecule has 2 aliphatic carbocycles. The highest BCUT2D eigenvalue weighted by molar-refractivity contribution is 5.58. The van der Waals surface area contributed by atoms with E-state index in [0.29, 0.717) is 5.92 Å². The largest absolute Gasteiger partial charge is 0.323 e. The Bertz CT molecular complexity index is 804. The Morgan fingerprint density at radius 1 is 1.38 bits per heavy atom. The summed E-state index contributed by atoms with van der Waals surface area (Å²) in [6, 6.07) is 1.94. The lowest BCUT2D eigenvalue weighted by molar-refractivity contribution is 0.502. The Morgan fingerprint density at radius 3 is 2.95 bits per heavy atom. The molecule has 0 aliphatic heterocycles. The van der Waals surface area contributed by atoms with Gasteiger partial charge in [-0.3, -0.25) is 5.10 Å². The lowest BCUT2D eigenvalue weighted by atomic mass is 9.87. The molecule has 108 valence electrons. The number of nitrogens with one attached hydrogen (secondary N) is 2. The first-order chi connectivity index (χ1) is 10.1. The van der Waals surface area contributed by atoms with Crippen LogP contribution in [0.15, 0.2) is 12.4 Å². The lowest BCUT2D eigenvalue weighted by Gasteiger charge is -2.26. The number of aromatic nitrogens is 4. The minimum absolute atomic E-state index is 0.235. The highest BCUT2D eigenvalue weighted by Gasteiger charge is 2.40. The number of nitrogens with two attached hydrogens (primary N) is 1. The SMILES string of the molecule is Cc1cc(Nc2ncnc3c2=CCC(N)(C2CC2)C=3)n[nH]1. The van der Waals surface area contributed by atoms with Crippen molar-refractivity contribution in [2.75, 3.05) is 5.32 Å². The normalized spacial score (nSPS) is 23.9. The number of nitrogens with zero attached hydrogens (tertiary/aromatic N) is 3. The van der Waals surface area contributed by atoms with Gasteiger partial charge >= 0.3 is 0 Å². The molecule has 6 heteroatoms. The standard InChI is InChI=1S/C15H18N6/c1-9-6-13(21-20-9)19-14-11-4-5-15(16,10-2-3-10)7-12(11)17-8-18-14/h4,6-8,10H,2-3,5,16H2,1H3,(H2,17,18,19,20,21). The quantitative estimate of drug-likeness (QED) is 0.754. The maximum atomic E-state index is 6.50. The summed E-state index contributed by atoms with van der Waals surface area (Å²) < 4.78 is 0. The van der Waals surface area contributed by atoms with Crippen molar-refractivity contribution < 1.29 is 0 Å². The summed E-state index contributed by atoms with van der Waals surface area (Å²) in [6.45, 7) is 1.96. The van der Waals surface area contributed by atoms with Gasteiger partial charge in [0.25, 0.3) is 0 Å². The smallest absolute Gasteiger partial charge is 0.153 e. The average Bonchev–Trinajstić information content (AvgIpc) is 3.24. The topological polar surface area (TPSA) is 92.5 Å². The van der Waals surface area contributed by atoms with Gasteiger partial charge in [-0.2, -0.15) is 5.10 Å². The maximum Gasteiger partial charge on any atom is 0.153 e. The van der Waals surface area contributed by atoms with Crippen LogP contribution in [-0.4, -0.2) is 25.7 Å². The van der Waals surface area contributed by atoms with Crippen molar-refractivity contribution in [3.8, 4) is 0 Å². The number of aryl methyl sites for hydroxylation is 1. The number of hydrogen-bond acceptors (Lipinski definition) is 5. The molecule has 0 bridgehead atoms. The average molecular weight is 282 g/mol. The van der Waals surface area contributed by atoms with E-state index in [1.165, 1.54) is 12.8 Å². The zero-order chi connectivity index (χ0) is 14.4. The molecule has 0 saturated heterocycles. The van der Waals surface area contributed by atoms with E-state index in [1.807, 2.05) is 13.0 Å². The highest BCUT2D eigenvalue weighted by atomic mass is 15.2. The van der Waals surface area contributed by atoms with Crippen LogP contribution < -0.4 is 21.6 Å². The molecule has 1 atom stereocenters. The first-order valence-electron chi connectivity index (χ1n) is 7.26. The lowest BCUT2D eigenvalue weighted by Crippen LogP contribution is -2.48. The summed E-state index contributed by atoms with van der Waals surface area (Å²) in [5.41, 5.74) is 7.27. The summed E-state index contributed by atoms with van der Waals surface area (Å²) in [4.78, 5) is 8.72. The number of hydrogen-bond donors (Lipinski definition) is 3. The zero-order valence-electron chi connectivity index (χ0n) is 11.9. The molecular weight excluding hydrogens is 264 g/mol. The second kappa shape index (κ2) is 4.39. The van der Waals surface area contributed by atoms with E-state index in [4.69, 9.17) is 5.73 Å². The van der Waals surface area contributed by atoms with Crippen LogP contribution >= 0.6 is 0 Å². The molecule has 1 fully saturated rings. The number of H-pyrrole nitrogens is 1. The first kappa shape index (κ1) is 12.5. The van der Waals surface area contributed by atoms with Crippen LogP contribution in [0.25, 0.3) is 12.2 Å². The van der Waals surface area contributed by atoms with Crippen LogP contribution in [0, 0.1) is 12.8 Å². The van der Waals surface area contributed by atoms with E-state index in [0.717, 1.165) is 34.3 Å². The maximum absolute atomic E-state index is 6.50. The van der Waals surface area contributed by atoms with Gasteiger partial charge in [-0.1, -0.05) is 6.08 Å². The Hall–Kier alpha value is -2.21. The molecule has 0 radical (unpaired) electrons. The summed E-state index contributed by atoms with van der Waals surface area (Å²) in [5.74, 6) is 2.14. The van der Waals surface area contributed by atoms with Gasteiger partial charge in [-0.15, -0.1) is 0 Å². The zero-order valence-corrected chi connectivity index (χ0v) is 11.9. The van der Waals surface area contributed by atoms with Gasteiger partial charge in [0.1, 0.15) is 12.1 Å². The van der Waals surface area contributed by atoms with Gasteiger partial charge in [-0.05, 0) is 38.2 Å². The van der Waals surface area contributed by atoms with E-state index in [2.05, 4.69) is 37.6 Å². The minimum Gasteiger partial charge on any atom is -0.323 e. The predicted molar refractivity (Wildman–Crippen MR) is 81.1 cm³/mol. The van der Waals surface area contributed by atoms with Crippen LogP contribution in [-0.2, 0) is 0 Å². The summed E-state index contributed by atoms with van der Waals surface area (Å²) in [6.07, 6.45) is 9.12. The predicted octanol–water partition coefficient (Wildman–Crippen LogP) is 0.324. The van der Waals surface area contributed by atoms with Crippen LogP contribution in [0.4, 0.5) is 11.6 Å². The Labute approximate surface area is 122 Å². The van der Waals surface area contributed by atoms with Gasteiger partial charge < -0.3 is 11.1 Å². The van der Waals surface area contributed by atoms with E-state index in [1.54, 1.807) is 6.33 Å². The van der Waals surface area contributed by atoms with Gasteiger partial charge in [0.05, 0.1) is 5.35 Å². The van der Waals surface area contributed by atoms with Crippen LogP contribution in [0.3, 0.4) is 0 Å². The van der Waals surface area contributed by atoms with E-state index >= 15 is 0 Å². The fourth-order valence-corrected chi connectivity index (χ4v) is 2.93. The fourth-order valence-electron chi connectivity index (χ4n) is 2.93. The molecule has 6 nitrogen and oxygen atoms in total. The van der Waals surface area contributed by atoms with Crippen molar-refractivity contribution in [1.82, 2.24) is 20.2 Å². The Kier molecular flexibility index (Phi) is 2.62. The van der Waals surface area contributed by atoms with Gasteiger partial charge in [-0.25, -0.2) is 9.97 Å².